The van der Waals surface area contributed by atoms with Gasteiger partial charge in [-0.05, 0) is 36.2 Å². The zero-order chi connectivity index (χ0) is 20.9. The van der Waals surface area contributed by atoms with Gasteiger partial charge in [0.2, 0.25) is 5.91 Å². The minimum atomic E-state index is 0.140. The molecule has 8 heteroatoms. The van der Waals surface area contributed by atoms with Crippen molar-refractivity contribution < 1.29 is 4.79 Å². The maximum absolute atomic E-state index is 12.7. The average molecular weight is 442 g/mol. The van der Waals surface area contributed by atoms with Crippen molar-refractivity contribution in [2.24, 2.45) is 0 Å². The van der Waals surface area contributed by atoms with Crippen LogP contribution < -0.4 is 0 Å². The number of benzene rings is 2. The molecule has 2 heterocycles. The number of rotatable bonds is 6. The van der Waals surface area contributed by atoms with Crippen LogP contribution in [0.3, 0.4) is 0 Å². The first kappa shape index (κ1) is 20.9. The number of hydrogen-bond donors (Lipinski definition) is 0. The summed E-state index contributed by atoms with van der Waals surface area (Å²) in [6, 6.07) is 16.0. The number of nitrogens with zero attached hydrogens (tertiary/aromatic N) is 5. The van der Waals surface area contributed by atoms with Gasteiger partial charge in [-0.25, -0.2) is 0 Å². The van der Waals surface area contributed by atoms with Crippen LogP contribution in [-0.2, 0) is 11.3 Å². The van der Waals surface area contributed by atoms with Gasteiger partial charge in [-0.15, -0.1) is 10.2 Å². The normalized spacial score (nSPS) is 14.8. The zero-order valence-electron chi connectivity index (χ0n) is 16.9. The summed E-state index contributed by atoms with van der Waals surface area (Å²) in [5.74, 6) is 0.500. The lowest BCUT2D eigenvalue weighted by Gasteiger charge is -2.34. The van der Waals surface area contributed by atoms with Crippen molar-refractivity contribution in [3.8, 4) is 5.69 Å². The van der Waals surface area contributed by atoms with Gasteiger partial charge in [0.15, 0.2) is 5.16 Å². The molecule has 0 radical (unpaired) electrons. The summed E-state index contributed by atoms with van der Waals surface area (Å²) in [5, 5.41) is 9.73. The number of amides is 1. The number of aromatic nitrogens is 3. The van der Waals surface area contributed by atoms with Crippen LogP contribution in [0.4, 0.5) is 0 Å². The van der Waals surface area contributed by atoms with Crippen molar-refractivity contribution in [1.29, 1.82) is 0 Å². The summed E-state index contributed by atoms with van der Waals surface area (Å²) in [7, 11) is 0. The van der Waals surface area contributed by atoms with Gasteiger partial charge < -0.3 is 4.90 Å². The topological polar surface area (TPSA) is 54.3 Å². The molecule has 0 aliphatic carbocycles. The van der Waals surface area contributed by atoms with Gasteiger partial charge >= 0.3 is 0 Å². The van der Waals surface area contributed by atoms with E-state index in [9.17, 15) is 4.79 Å². The lowest BCUT2D eigenvalue weighted by molar-refractivity contribution is -0.130. The van der Waals surface area contributed by atoms with E-state index in [0.717, 1.165) is 54.2 Å². The van der Waals surface area contributed by atoms with Crippen LogP contribution in [0.1, 0.15) is 11.1 Å². The van der Waals surface area contributed by atoms with Gasteiger partial charge in [0, 0.05) is 37.7 Å². The summed E-state index contributed by atoms with van der Waals surface area (Å²) < 4.78 is 1.94. The molecule has 0 bridgehead atoms. The van der Waals surface area contributed by atoms with Gasteiger partial charge in [0.05, 0.1) is 11.4 Å². The number of thioether (sulfide) groups is 1. The molecule has 1 amide bonds. The number of hydrogen-bond acceptors (Lipinski definition) is 5. The Morgan fingerprint density at radius 1 is 1.10 bits per heavy atom. The van der Waals surface area contributed by atoms with E-state index in [1.54, 1.807) is 6.33 Å². The lowest BCUT2D eigenvalue weighted by atomic mass is 10.2. The summed E-state index contributed by atoms with van der Waals surface area (Å²) >= 11 is 7.51. The second kappa shape index (κ2) is 9.64. The predicted octanol–water partition coefficient (Wildman–Crippen LogP) is 3.67. The Balaban J connectivity index is 1.29. The van der Waals surface area contributed by atoms with Gasteiger partial charge in [-0.3, -0.25) is 14.3 Å². The van der Waals surface area contributed by atoms with Crippen LogP contribution in [0.5, 0.6) is 0 Å². The highest BCUT2D eigenvalue weighted by molar-refractivity contribution is 7.99. The third kappa shape index (κ3) is 5.03. The first-order valence-electron chi connectivity index (χ1n) is 9.93. The molecule has 0 unspecified atom stereocenters. The number of carbonyl (C=O) groups is 1. The van der Waals surface area contributed by atoms with E-state index in [2.05, 4.69) is 34.2 Å². The van der Waals surface area contributed by atoms with E-state index in [0.29, 0.717) is 5.75 Å². The largest absolute Gasteiger partial charge is 0.339 e. The molecule has 30 heavy (non-hydrogen) atoms. The second-order valence-corrected chi connectivity index (χ2v) is 8.72. The van der Waals surface area contributed by atoms with E-state index in [4.69, 9.17) is 11.6 Å². The molecule has 1 aliphatic heterocycles. The Morgan fingerprint density at radius 3 is 2.67 bits per heavy atom. The number of para-hydroxylation sites is 1. The summed E-state index contributed by atoms with van der Waals surface area (Å²) in [6.07, 6.45) is 1.70. The third-order valence-electron chi connectivity index (χ3n) is 5.24. The number of piperazine rings is 1. The third-order valence-corrected chi connectivity index (χ3v) is 6.40. The Kier molecular flexibility index (Phi) is 6.72. The Labute approximate surface area is 185 Å². The van der Waals surface area contributed by atoms with Crippen LogP contribution >= 0.6 is 23.4 Å². The minimum Gasteiger partial charge on any atom is -0.339 e. The molecule has 1 saturated heterocycles. The van der Waals surface area contributed by atoms with E-state index in [1.807, 2.05) is 45.9 Å². The van der Waals surface area contributed by atoms with Gasteiger partial charge in [0.1, 0.15) is 6.33 Å². The van der Waals surface area contributed by atoms with Crippen molar-refractivity contribution in [3.05, 3.63) is 71.0 Å². The monoisotopic (exact) mass is 441 g/mol. The molecule has 6 nitrogen and oxygen atoms in total. The van der Waals surface area contributed by atoms with Crippen molar-refractivity contribution in [1.82, 2.24) is 24.6 Å². The molecule has 4 rings (SSSR count). The first-order valence-corrected chi connectivity index (χ1v) is 11.3. The highest BCUT2D eigenvalue weighted by atomic mass is 35.5. The highest BCUT2D eigenvalue weighted by Gasteiger charge is 2.22. The SMILES string of the molecule is Cc1ccccc1-n1cnnc1SCC(=O)N1CCN(Cc2cccc(Cl)c2)CC1. The maximum atomic E-state index is 12.7. The summed E-state index contributed by atoms with van der Waals surface area (Å²) in [6.45, 7) is 6.12. The van der Waals surface area contributed by atoms with Crippen LogP contribution in [0.15, 0.2) is 60.0 Å². The average Bonchev–Trinajstić information content (AvgIpc) is 3.21. The van der Waals surface area contributed by atoms with E-state index in [-0.39, 0.29) is 5.91 Å². The quantitative estimate of drug-likeness (QED) is 0.546. The molecule has 0 N–H and O–H groups in total. The fourth-order valence-corrected chi connectivity index (χ4v) is 4.63. The maximum Gasteiger partial charge on any atom is 0.233 e. The van der Waals surface area contributed by atoms with Crippen molar-refractivity contribution in [2.45, 2.75) is 18.6 Å². The molecule has 3 aromatic rings. The van der Waals surface area contributed by atoms with Crippen LogP contribution in [0, 0.1) is 6.92 Å². The standard InChI is InChI=1S/C22H24ClN5OS/c1-17-5-2-3-8-20(17)28-16-24-25-22(28)30-15-21(29)27-11-9-26(10-12-27)14-18-6-4-7-19(23)13-18/h2-8,13,16H,9-12,14-15H2,1H3. The highest BCUT2D eigenvalue weighted by Crippen LogP contribution is 2.22. The molecule has 0 spiro atoms. The second-order valence-electron chi connectivity index (χ2n) is 7.35. The summed E-state index contributed by atoms with van der Waals surface area (Å²) in [5.41, 5.74) is 3.38. The predicted molar refractivity (Wildman–Crippen MR) is 120 cm³/mol. The molecular formula is C22H24ClN5OS. The lowest BCUT2D eigenvalue weighted by Crippen LogP contribution is -2.48. The van der Waals surface area contributed by atoms with E-state index >= 15 is 0 Å². The molecule has 1 aliphatic rings. The van der Waals surface area contributed by atoms with Crippen molar-refractivity contribution in [2.75, 3.05) is 31.9 Å². The molecular weight excluding hydrogens is 418 g/mol. The fourth-order valence-electron chi connectivity index (χ4n) is 3.59. The van der Waals surface area contributed by atoms with Crippen molar-refractivity contribution >= 4 is 29.3 Å². The number of aryl methyl sites for hydroxylation is 1. The molecule has 1 fully saturated rings. The van der Waals surface area contributed by atoms with E-state index in [1.165, 1.54) is 17.3 Å². The fraction of sp³-hybridized carbons (Fsp3) is 0.318. The number of halogens is 1. The van der Waals surface area contributed by atoms with Gasteiger partial charge in [-0.1, -0.05) is 53.7 Å². The van der Waals surface area contributed by atoms with E-state index < -0.39 is 0 Å². The minimum absolute atomic E-state index is 0.140. The van der Waals surface area contributed by atoms with Crippen LogP contribution in [-0.4, -0.2) is 62.4 Å². The first-order chi connectivity index (χ1) is 14.6. The molecule has 0 atom stereocenters. The van der Waals surface area contributed by atoms with Gasteiger partial charge in [-0.2, -0.15) is 0 Å². The molecule has 1 aromatic heterocycles. The van der Waals surface area contributed by atoms with Gasteiger partial charge in [0.25, 0.3) is 0 Å². The molecule has 2 aromatic carbocycles. The van der Waals surface area contributed by atoms with Crippen LogP contribution in [0.2, 0.25) is 5.02 Å². The Hall–Kier alpha value is -2.35. The smallest absolute Gasteiger partial charge is 0.233 e. The Morgan fingerprint density at radius 2 is 1.90 bits per heavy atom. The van der Waals surface area contributed by atoms with Crippen LogP contribution in [0.25, 0.3) is 5.69 Å². The number of carbonyl (C=O) groups excluding carboxylic acids is 1. The Bertz CT molecular complexity index is 1020. The molecule has 0 saturated carbocycles. The summed E-state index contributed by atoms with van der Waals surface area (Å²) in [4.78, 5) is 17.0. The molecule has 156 valence electrons. The zero-order valence-corrected chi connectivity index (χ0v) is 18.4. The van der Waals surface area contributed by atoms with Crippen molar-refractivity contribution in [3.63, 3.8) is 0 Å².